The van der Waals surface area contributed by atoms with E-state index in [1.54, 1.807) is 0 Å². The summed E-state index contributed by atoms with van der Waals surface area (Å²) in [5.41, 5.74) is 1.15. The van der Waals surface area contributed by atoms with Crippen LogP contribution < -0.4 is 10.1 Å². The highest BCUT2D eigenvalue weighted by Gasteiger charge is 2.25. The second kappa shape index (κ2) is 7.11. The van der Waals surface area contributed by atoms with Crippen molar-refractivity contribution >= 4 is 12.4 Å². The zero-order chi connectivity index (χ0) is 13.1. The Kier molecular flexibility index (Phi) is 6.08. The number of rotatable bonds is 3. The van der Waals surface area contributed by atoms with Gasteiger partial charge in [-0.25, -0.2) is 4.39 Å². The van der Waals surface area contributed by atoms with Crippen molar-refractivity contribution in [3.63, 3.8) is 0 Å². The van der Waals surface area contributed by atoms with E-state index >= 15 is 0 Å². The number of hydrogen-bond acceptors (Lipinski definition) is 2. The molecule has 0 spiro atoms. The SMILES string of the molecule is CC(C)Oc1cc(F)ccc1[C@H]1CCNC[C@H]1C.Cl. The zero-order valence-electron chi connectivity index (χ0n) is 11.8. The molecule has 0 saturated carbocycles. The van der Waals surface area contributed by atoms with Crippen molar-refractivity contribution in [2.75, 3.05) is 13.1 Å². The second-order valence-electron chi connectivity index (χ2n) is 5.43. The van der Waals surface area contributed by atoms with Gasteiger partial charge in [-0.1, -0.05) is 13.0 Å². The van der Waals surface area contributed by atoms with Crippen LogP contribution in [-0.4, -0.2) is 19.2 Å². The van der Waals surface area contributed by atoms with Crippen LogP contribution in [0.4, 0.5) is 4.39 Å². The summed E-state index contributed by atoms with van der Waals surface area (Å²) in [6.45, 7) is 8.22. The Labute approximate surface area is 121 Å². The maximum atomic E-state index is 13.4. The Morgan fingerprint density at radius 3 is 2.74 bits per heavy atom. The number of nitrogens with one attached hydrogen (secondary N) is 1. The molecule has 0 bridgehead atoms. The van der Waals surface area contributed by atoms with E-state index in [0.717, 1.165) is 25.1 Å². The molecular formula is C15H23ClFNO. The van der Waals surface area contributed by atoms with Crippen LogP contribution in [0.5, 0.6) is 5.75 Å². The first-order chi connectivity index (χ1) is 8.58. The van der Waals surface area contributed by atoms with Crippen LogP contribution in [-0.2, 0) is 0 Å². The van der Waals surface area contributed by atoms with Crippen molar-refractivity contribution in [1.82, 2.24) is 5.32 Å². The first-order valence-electron chi connectivity index (χ1n) is 6.74. The molecule has 1 aliphatic rings. The summed E-state index contributed by atoms with van der Waals surface area (Å²) in [6.07, 6.45) is 1.16. The molecule has 0 amide bonds. The van der Waals surface area contributed by atoms with Gasteiger partial charge in [0.1, 0.15) is 11.6 Å². The topological polar surface area (TPSA) is 21.3 Å². The van der Waals surface area contributed by atoms with Crippen LogP contribution in [0.1, 0.15) is 38.7 Å². The number of ether oxygens (including phenoxy) is 1. The third-order valence-corrected chi connectivity index (χ3v) is 3.52. The van der Waals surface area contributed by atoms with Gasteiger partial charge in [0.2, 0.25) is 0 Å². The van der Waals surface area contributed by atoms with Gasteiger partial charge in [0.15, 0.2) is 0 Å². The third kappa shape index (κ3) is 4.08. The van der Waals surface area contributed by atoms with Crippen LogP contribution in [0.3, 0.4) is 0 Å². The molecule has 1 heterocycles. The quantitative estimate of drug-likeness (QED) is 0.914. The Balaban J connectivity index is 0.00000180. The smallest absolute Gasteiger partial charge is 0.126 e. The van der Waals surface area contributed by atoms with Crippen LogP contribution in [0.15, 0.2) is 18.2 Å². The highest BCUT2D eigenvalue weighted by molar-refractivity contribution is 5.85. The fraction of sp³-hybridized carbons (Fsp3) is 0.600. The standard InChI is InChI=1S/C15H22FNO.ClH/c1-10(2)18-15-8-12(16)4-5-14(15)13-6-7-17-9-11(13)3;/h4-5,8,10-11,13,17H,6-7,9H2,1-3H3;1H/t11-,13+;/m1./s1. The Morgan fingerprint density at radius 2 is 2.11 bits per heavy atom. The fourth-order valence-corrected chi connectivity index (χ4v) is 2.65. The first kappa shape index (κ1) is 16.3. The molecule has 4 heteroatoms. The van der Waals surface area contributed by atoms with Crippen LogP contribution in [0.25, 0.3) is 0 Å². The molecular weight excluding hydrogens is 265 g/mol. The number of piperidine rings is 1. The van der Waals surface area contributed by atoms with Crippen molar-refractivity contribution in [3.05, 3.63) is 29.6 Å². The Bertz CT molecular complexity index is 411. The molecule has 0 unspecified atom stereocenters. The van der Waals surface area contributed by atoms with Gasteiger partial charge in [-0.15, -0.1) is 12.4 Å². The van der Waals surface area contributed by atoms with Gasteiger partial charge in [0, 0.05) is 6.07 Å². The van der Waals surface area contributed by atoms with E-state index in [9.17, 15) is 4.39 Å². The molecule has 0 aromatic heterocycles. The minimum absolute atomic E-state index is 0. The summed E-state index contributed by atoms with van der Waals surface area (Å²) in [7, 11) is 0. The number of benzene rings is 1. The highest BCUT2D eigenvalue weighted by atomic mass is 35.5. The second-order valence-corrected chi connectivity index (χ2v) is 5.43. The third-order valence-electron chi connectivity index (χ3n) is 3.52. The largest absolute Gasteiger partial charge is 0.491 e. The summed E-state index contributed by atoms with van der Waals surface area (Å²) in [5, 5.41) is 3.39. The number of hydrogen-bond donors (Lipinski definition) is 1. The molecule has 108 valence electrons. The van der Waals surface area contributed by atoms with E-state index in [-0.39, 0.29) is 24.3 Å². The molecule has 1 N–H and O–H groups in total. The van der Waals surface area contributed by atoms with Gasteiger partial charge >= 0.3 is 0 Å². The van der Waals surface area contributed by atoms with Crippen LogP contribution in [0.2, 0.25) is 0 Å². The normalized spacial score (nSPS) is 23.0. The van der Waals surface area contributed by atoms with Crippen LogP contribution in [0, 0.1) is 11.7 Å². The molecule has 1 fully saturated rings. The summed E-state index contributed by atoms with van der Waals surface area (Å²) in [6, 6.07) is 4.95. The predicted octanol–water partition coefficient (Wildman–Crippen LogP) is 3.75. The lowest BCUT2D eigenvalue weighted by atomic mass is 9.82. The van der Waals surface area contributed by atoms with E-state index in [1.165, 1.54) is 12.1 Å². The van der Waals surface area contributed by atoms with Crippen molar-refractivity contribution in [3.8, 4) is 5.75 Å². The molecule has 1 saturated heterocycles. The van der Waals surface area contributed by atoms with Gasteiger partial charge in [-0.2, -0.15) is 0 Å². The predicted molar refractivity (Wildman–Crippen MR) is 78.8 cm³/mol. The lowest BCUT2D eigenvalue weighted by Gasteiger charge is -2.31. The first-order valence-corrected chi connectivity index (χ1v) is 6.74. The van der Waals surface area contributed by atoms with Crippen LogP contribution >= 0.6 is 12.4 Å². The van der Waals surface area contributed by atoms with E-state index in [4.69, 9.17) is 4.74 Å². The van der Waals surface area contributed by atoms with E-state index in [1.807, 2.05) is 19.9 Å². The molecule has 1 aromatic carbocycles. The van der Waals surface area contributed by atoms with Gasteiger partial charge in [-0.05, 0) is 56.8 Å². The highest BCUT2D eigenvalue weighted by Crippen LogP contribution is 2.36. The van der Waals surface area contributed by atoms with Crippen molar-refractivity contribution in [2.24, 2.45) is 5.92 Å². The van der Waals surface area contributed by atoms with E-state index in [2.05, 4.69) is 12.2 Å². The van der Waals surface area contributed by atoms with E-state index in [0.29, 0.717) is 17.6 Å². The summed E-state index contributed by atoms with van der Waals surface area (Å²) >= 11 is 0. The summed E-state index contributed by atoms with van der Waals surface area (Å²) < 4.78 is 19.1. The maximum absolute atomic E-state index is 13.4. The molecule has 2 rings (SSSR count). The Hall–Kier alpha value is -0.800. The molecule has 1 aliphatic heterocycles. The van der Waals surface area contributed by atoms with Gasteiger partial charge in [0.25, 0.3) is 0 Å². The lowest BCUT2D eigenvalue weighted by Crippen LogP contribution is -2.34. The minimum Gasteiger partial charge on any atom is -0.491 e. The fourth-order valence-electron chi connectivity index (χ4n) is 2.65. The molecule has 1 aromatic rings. The summed E-state index contributed by atoms with van der Waals surface area (Å²) in [4.78, 5) is 0. The van der Waals surface area contributed by atoms with Gasteiger partial charge < -0.3 is 10.1 Å². The van der Waals surface area contributed by atoms with E-state index < -0.39 is 0 Å². The molecule has 2 atom stereocenters. The Morgan fingerprint density at radius 1 is 1.37 bits per heavy atom. The number of halogens is 2. The molecule has 0 aliphatic carbocycles. The maximum Gasteiger partial charge on any atom is 0.126 e. The average molecular weight is 288 g/mol. The molecule has 0 radical (unpaired) electrons. The average Bonchev–Trinajstić information content (AvgIpc) is 2.30. The zero-order valence-corrected chi connectivity index (χ0v) is 12.6. The van der Waals surface area contributed by atoms with Gasteiger partial charge in [-0.3, -0.25) is 0 Å². The van der Waals surface area contributed by atoms with Crippen molar-refractivity contribution in [2.45, 2.75) is 39.2 Å². The van der Waals surface area contributed by atoms with Crippen molar-refractivity contribution in [1.29, 1.82) is 0 Å². The lowest BCUT2D eigenvalue weighted by molar-refractivity contribution is 0.232. The van der Waals surface area contributed by atoms with Crippen molar-refractivity contribution < 1.29 is 9.13 Å². The van der Waals surface area contributed by atoms with Gasteiger partial charge in [0.05, 0.1) is 6.10 Å². The molecule has 2 nitrogen and oxygen atoms in total. The minimum atomic E-state index is -0.226. The summed E-state index contributed by atoms with van der Waals surface area (Å²) in [5.74, 6) is 1.50. The monoisotopic (exact) mass is 287 g/mol. The molecule has 19 heavy (non-hydrogen) atoms.